The summed E-state index contributed by atoms with van der Waals surface area (Å²) >= 11 is 0. The highest BCUT2D eigenvalue weighted by Crippen LogP contribution is 2.34. The predicted molar refractivity (Wildman–Crippen MR) is 88.9 cm³/mol. The Morgan fingerprint density at radius 2 is 1.65 bits per heavy atom. The number of aryl methyl sites for hydroxylation is 1. The maximum Gasteiger partial charge on any atom is 0.144 e. The van der Waals surface area contributed by atoms with Gasteiger partial charge in [0, 0.05) is 0 Å². The first-order chi connectivity index (χ1) is 11.1. The van der Waals surface area contributed by atoms with E-state index in [1.807, 2.05) is 6.08 Å². The van der Waals surface area contributed by atoms with Gasteiger partial charge in [0.2, 0.25) is 0 Å². The Labute approximate surface area is 138 Å². The number of unbranched alkanes of at least 4 members (excludes halogenated alkanes) is 1. The van der Waals surface area contributed by atoms with E-state index < -0.39 is 17.2 Å². The number of hydrogen-bond donors (Lipinski definition) is 0. The zero-order chi connectivity index (χ0) is 16.7. The Morgan fingerprint density at radius 1 is 1.09 bits per heavy atom. The second kappa shape index (κ2) is 8.82. The summed E-state index contributed by atoms with van der Waals surface area (Å²) in [6.45, 7) is 3.76. The molecule has 124 valence electrons. The molecule has 0 unspecified atom stereocenters. The monoisotopic (exact) mass is 317 g/mol. The zero-order valence-corrected chi connectivity index (χ0v) is 13.7. The van der Waals surface area contributed by atoms with E-state index in [0.717, 1.165) is 18.8 Å². The fraction of sp³-hybridized carbons (Fsp3) is 0.550. The molecule has 0 N–H and O–H groups in total. The third-order valence-electron chi connectivity index (χ3n) is 5.04. The summed E-state index contributed by atoms with van der Waals surface area (Å²) in [6.07, 6.45) is 12.3. The van der Waals surface area contributed by atoms with Crippen LogP contribution in [0.3, 0.4) is 0 Å². The van der Waals surface area contributed by atoms with Crippen LogP contribution in [-0.4, -0.2) is 0 Å². The van der Waals surface area contributed by atoms with Crippen LogP contribution in [0.2, 0.25) is 0 Å². The number of nitrogens with zero attached hydrogens (tertiary/aromatic N) is 1. The van der Waals surface area contributed by atoms with E-state index in [9.17, 15) is 8.78 Å². The number of halogens is 2. The summed E-state index contributed by atoms with van der Waals surface area (Å²) in [6, 6.07) is 4.18. The third kappa shape index (κ3) is 5.16. The summed E-state index contributed by atoms with van der Waals surface area (Å²) in [5, 5.41) is 8.69. The fourth-order valence-electron chi connectivity index (χ4n) is 3.61. The SMILES string of the molecule is C=CCCCC1CCC(CCc2cc(F)c(C#N)c(F)c2)CC1. The van der Waals surface area contributed by atoms with E-state index in [1.54, 1.807) is 6.07 Å². The van der Waals surface area contributed by atoms with Gasteiger partial charge < -0.3 is 0 Å². The second-order valence-electron chi connectivity index (χ2n) is 6.69. The molecule has 1 aromatic carbocycles. The van der Waals surface area contributed by atoms with E-state index in [4.69, 9.17) is 5.26 Å². The van der Waals surface area contributed by atoms with Crippen LogP contribution in [0.25, 0.3) is 0 Å². The van der Waals surface area contributed by atoms with Gasteiger partial charge >= 0.3 is 0 Å². The molecule has 0 amide bonds. The predicted octanol–water partition coefficient (Wildman–Crippen LogP) is 5.93. The van der Waals surface area contributed by atoms with Crippen molar-refractivity contribution in [1.29, 1.82) is 5.26 Å². The number of allylic oxidation sites excluding steroid dienone is 1. The number of rotatable bonds is 7. The van der Waals surface area contributed by atoms with Crippen LogP contribution in [0.15, 0.2) is 24.8 Å². The maximum absolute atomic E-state index is 13.6. The van der Waals surface area contributed by atoms with Gasteiger partial charge in [-0.05, 0) is 55.2 Å². The Morgan fingerprint density at radius 3 is 2.17 bits per heavy atom. The quantitative estimate of drug-likeness (QED) is 0.451. The van der Waals surface area contributed by atoms with E-state index in [-0.39, 0.29) is 0 Å². The molecule has 0 atom stereocenters. The fourth-order valence-corrected chi connectivity index (χ4v) is 3.61. The van der Waals surface area contributed by atoms with Crippen molar-refractivity contribution in [3.05, 3.63) is 47.5 Å². The lowest BCUT2D eigenvalue weighted by molar-refractivity contribution is 0.250. The topological polar surface area (TPSA) is 23.8 Å². The minimum absolute atomic E-state index is 0.478. The Hall–Kier alpha value is -1.69. The van der Waals surface area contributed by atoms with E-state index in [1.165, 1.54) is 50.7 Å². The van der Waals surface area contributed by atoms with E-state index >= 15 is 0 Å². The lowest BCUT2D eigenvalue weighted by Crippen LogP contribution is -2.15. The standard InChI is InChI=1S/C20H25F2N/c1-2-3-4-5-15-6-8-16(9-7-15)10-11-17-12-19(21)18(14-23)20(22)13-17/h2,12-13,15-16H,1,3-11H2. The molecule has 2 rings (SSSR count). The van der Waals surface area contributed by atoms with Crippen LogP contribution >= 0.6 is 0 Å². The van der Waals surface area contributed by atoms with E-state index in [0.29, 0.717) is 17.9 Å². The van der Waals surface area contributed by atoms with Crippen molar-refractivity contribution in [3.8, 4) is 6.07 Å². The van der Waals surface area contributed by atoms with Gasteiger partial charge in [0.25, 0.3) is 0 Å². The van der Waals surface area contributed by atoms with Crippen LogP contribution in [0.5, 0.6) is 0 Å². The molecule has 0 spiro atoms. The van der Waals surface area contributed by atoms with Gasteiger partial charge in [-0.15, -0.1) is 6.58 Å². The first kappa shape index (κ1) is 17.7. The van der Waals surface area contributed by atoms with Gasteiger partial charge in [0.1, 0.15) is 23.3 Å². The molecule has 0 heterocycles. The van der Waals surface area contributed by atoms with Gasteiger partial charge in [-0.3, -0.25) is 0 Å². The van der Waals surface area contributed by atoms with Crippen LogP contribution in [0.4, 0.5) is 8.78 Å². The lowest BCUT2D eigenvalue weighted by atomic mass is 9.78. The molecule has 0 bridgehead atoms. The summed E-state index contributed by atoms with van der Waals surface area (Å²) in [5.41, 5.74) is 0.181. The highest BCUT2D eigenvalue weighted by molar-refractivity contribution is 5.35. The summed E-state index contributed by atoms with van der Waals surface area (Å²) in [4.78, 5) is 0. The Balaban J connectivity index is 1.77. The summed E-state index contributed by atoms with van der Waals surface area (Å²) in [7, 11) is 0. The van der Waals surface area contributed by atoms with Gasteiger partial charge in [-0.2, -0.15) is 5.26 Å². The first-order valence-corrected chi connectivity index (χ1v) is 8.63. The summed E-state index contributed by atoms with van der Waals surface area (Å²) < 4.78 is 27.2. The van der Waals surface area contributed by atoms with Crippen molar-refractivity contribution in [2.45, 2.75) is 57.8 Å². The summed E-state index contributed by atoms with van der Waals surface area (Å²) in [5.74, 6) is 0.0188. The molecule has 1 aromatic rings. The minimum atomic E-state index is -0.742. The van der Waals surface area contributed by atoms with Crippen LogP contribution in [-0.2, 0) is 6.42 Å². The van der Waals surface area contributed by atoms with E-state index in [2.05, 4.69) is 6.58 Å². The normalized spacial score (nSPS) is 20.9. The smallest absolute Gasteiger partial charge is 0.144 e. The third-order valence-corrected chi connectivity index (χ3v) is 5.04. The molecule has 0 aromatic heterocycles. The number of hydrogen-bond acceptors (Lipinski definition) is 1. The van der Waals surface area contributed by atoms with Crippen molar-refractivity contribution in [2.75, 3.05) is 0 Å². The van der Waals surface area contributed by atoms with Gasteiger partial charge in [-0.25, -0.2) is 8.78 Å². The van der Waals surface area contributed by atoms with Gasteiger partial charge in [0.05, 0.1) is 0 Å². The Bertz CT molecular complexity index is 542. The highest BCUT2D eigenvalue weighted by Gasteiger charge is 2.21. The van der Waals surface area contributed by atoms with Crippen molar-refractivity contribution < 1.29 is 8.78 Å². The van der Waals surface area contributed by atoms with Crippen molar-refractivity contribution in [3.63, 3.8) is 0 Å². The molecule has 1 aliphatic rings. The van der Waals surface area contributed by atoms with Gasteiger partial charge in [0.15, 0.2) is 0 Å². The molecule has 23 heavy (non-hydrogen) atoms. The van der Waals surface area contributed by atoms with Crippen molar-refractivity contribution >= 4 is 0 Å². The molecule has 3 heteroatoms. The van der Waals surface area contributed by atoms with Crippen LogP contribution in [0.1, 0.15) is 62.5 Å². The largest absolute Gasteiger partial charge is 0.205 e. The molecule has 1 saturated carbocycles. The molecule has 0 saturated heterocycles. The lowest BCUT2D eigenvalue weighted by Gasteiger charge is -2.28. The molecular formula is C20H25F2N. The number of nitriles is 1. The molecule has 1 fully saturated rings. The first-order valence-electron chi connectivity index (χ1n) is 8.63. The zero-order valence-electron chi connectivity index (χ0n) is 13.7. The molecule has 0 radical (unpaired) electrons. The minimum Gasteiger partial charge on any atom is -0.205 e. The van der Waals surface area contributed by atoms with Gasteiger partial charge in [-0.1, -0.05) is 38.2 Å². The maximum atomic E-state index is 13.6. The van der Waals surface area contributed by atoms with Crippen molar-refractivity contribution in [2.24, 2.45) is 11.8 Å². The molecule has 1 aliphatic carbocycles. The van der Waals surface area contributed by atoms with Crippen LogP contribution < -0.4 is 0 Å². The molecule has 1 nitrogen and oxygen atoms in total. The average Bonchev–Trinajstić information content (AvgIpc) is 2.54. The van der Waals surface area contributed by atoms with Crippen molar-refractivity contribution in [1.82, 2.24) is 0 Å². The second-order valence-corrected chi connectivity index (χ2v) is 6.69. The Kier molecular flexibility index (Phi) is 6.77. The molecular weight excluding hydrogens is 292 g/mol. The highest BCUT2D eigenvalue weighted by atomic mass is 19.1. The average molecular weight is 317 g/mol. The van der Waals surface area contributed by atoms with Crippen LogP contribution in [0, 0.1) is 34.8 Å². The number of benzene rings is 1. The molecule has 0 aliphatic heterocycles.